The van der Waals surface area contributed by atoms with Gasteiger partial charge < -0.3 is 9.80 Å². The maximum absolute atomic E-state index is 13.5. The monoisotopic (exact) mass is 453 g/mol. The van der Waals surface area contributed by atoms with Gasteiger partial charge >= 0.3 is 0 Å². The fourth-order valence-electron chi connectivity index (χ4n) is 3.90. The lowest BCUT2D eigenvalue weighted by atomic mass is 10.0. The first-order chi connectivity index (χ1) is 14.0. The Bertz CT molecular complexity index is 959. The van der Waals surface area contributed by atoms with Crippen LogP contribution in [0.4, 0.5) is 5.69 Å². The molecule has 4 rings (SSSR count). The van der Waals surface area contributed by atoms with Crippen LogP contribution in [0.3, 0.4) is 0 Å². The molecule has 6 heteroatoms. The summed E-state index contributed by atoms with van der Waals surface area (Å²) in [7, 11) is 0. The number of benzene rings is 2. The number of hydrogen-bond acceptors (Lipinski definition) is 4. The number of piperazine rings is 1. The summed E-state index contributed by atoms with van der Waals surface area (Å²) in [6.45, 7) is 8.42. The molecule has 2 amide bonds. The number of rotatable bonds is 4. The average Bonchev–Trinajstić information content (AvgIpc) is 3.00. The molecule has 2 aromatic carbocycles. The van der Waals surface area contributed by atoms with Crippen molar-refractivity contribution in [2.45, 2.75) is 13.8 Å². The molecule has 0 atom stereocenters. The Hall–Kier alpha value is -2.44. The molecule has 0 saturated carbocycles. The quantitative estimate of drug-likeness (QED) is 0.662. The standard InChI is InChI=1S/C23H24BrN3O2/c1-3-25-12-14-26(15-13-25)21-20(17-6-4-16(2)5-7-17)22(28)27(23(21)29)19-10-8-18(24)9-11-19/h4-11H,3,12-15H2,1-2H3. The van der Waals surface area contributed by atoms with Gasteiger partial charge in [-0.1, -0.05) is 52.7 Å². The van der Waals surface area contributed by atoms with E-state index in [1.165, 1.54) is 4.90 Å². The molecule has 0 aliphatic carbocycles. The number of halogens is 1. The maximum atomic E-state index is 13.5. The predicted octanol–water partition coefficient (Wildman–Crippen LogP) is 3.68. The number of likely N-dealkylation sites (N-methyl/N-ethyl adjacent to an activating group) is 1. The van der Waals surface area contributed by atoms with Crippen LogP contribution in [-0.2, 0) is 9.59 Å². The highest BCUT2D eigenvalue weighted by Crippen LogP contribution is 2.35. The first-order valence-electron chi connectivity index (χ1n) is 9.92. The minimum absolute atomic E-state index is 0.238. The Morgan fingerprint density at radius 1 is 0.862 bits per heavy atom. The van der Waals surface area contributed by atoms with Gasteiger partial charge in [0.05, 0.1) is 11.3 Å². The van der Waals surface area contributed by atoms with Crippen molar-refractivity contribution in [1.82, 2.24) is 9.80 Å². The Kier molecular flexibility index (Phi) is 5.56. The van der Waals surface area contributed by atoms with Gasteiger partial charge in [0.1, 0.15) is 5.70 Å². The normalized spacial score (nSPS) is 18.2. The molecule has 2 heterocycles. The summed E-state index contributed by atoms with van der Waals surface area (Å²) in [6.07, 6.45) is 0. The number of carbonyl (C=O) groups is 2. The Morgan fingerprint density at radius 2 is 1.48 bits per heavy atom. The van der Waals surface area contributed by atoms with E-state index in [0.29, 0.717) is 17.0 Å². The van der Waals surface area contributed by atoms with Crippen molar-refractivity contribution >= 4 is 39.0 Å². The SMILES string of the molecule is CCN1CCN(C2=C(c3ccc(C)cc3)C(=O)N(c3ccc(Br)cc3)C2=O)CC1. The van der Waals surface area contributed by atoms with Gasteiger partial charge in [0.2, 0.25) is 0 Å². The van der Waals surface area contributed by atoms with Gasteiger partial charge in [0.25, 0.3) is 11.8 Å². The molecule has 0 N–H and O–H groups in total. The molecule has 0 unspecified atom stereocenters. The molecule has 5 nitrogen and oxygen atoms in total. The van der Waals surface area contributed by atoms with Crippen LogP contribution in [0.25, 0.3) is 5.57 Å². The first-order valence-corrected chi connectivity index (χ1v) is 10.7. The van der Waals surface area contributed by atoms with Gasteiger partial charge in [-0.2, -0.15) is 0 Å². The fraction of sp³-hybridized carbons (Fsp3) is 0.304. The van der Waals surface area contributed by atoms with Crippen molar-refractivity contribution in [1.29, 1.82) is 0 Å². The highest BCUT2D eigenvalue weighted by Gasteiger charge is 2.42. The van der Waals surface area contributed by atoms with Crippen LogP contribution in [0.15, 0.2) is 58.7 Å². The van der Waals surface area contributed by atoms with Crippen LogP contribution in [0.5, 0.6) is 0 Å². The van der Waals surface area contributed by atoms with Crippen LogP contribution >= 0.6 is 15.9 Å². The number of aryl methyl sites for hydroxylation is 1. The van der Waals surface area contributed by atoms with Gasteiger partial charge in [-0.3, -0.25) is 9.59 Å². The molecule has 2 aliphatic rings. The minimum atomic E-state index is -0.255. The molecule has 2 aliphatic heterocycles. The molecule has 0 bridgehead atoms. The van der Waals surface area contributed by atoms with Gasteiger partial charge in [0.15, 0.2) is 0 Å². The number of anilines is 1. The summed E-state index contributed by atoms with van der Waals surface area (Å²) in [4.78, 5) is 32.7. The summed E-state index contributed by atoms with van der Waals surface area (Å²) in [5, 5.41) is 0. The lowest BCUT2D eigenvalue weighted by Gasteiger charge is -2.36. The topological polar surface area (TPSA) is 43.9 Å². The van der Waals surface area contributed by atoms with E-state index < -0.39 is 0 Å². The van der Waals surface area contributed by atoms with Crippen molar-refractivity contribution in [2.24, 2.45) is 0 Å². The molecular formula is C23H24BrN3O2. The molecule has 2 aromatic rings. The molecule has 0 radical (unpaired) electrons. The van der Waals surface area contributed by atoms with E-state index in [0.717, 1.165) is 48.3 Å². The zero-order chi connectivity index (χ0) is 20.5. The van der Waals surface area contributed by atoms with Crippen LogP contribution < -0.4 is 4.90 Å². The largest absolute Gasteiger partial charge is 0.364 e. The first kappa shape index (κ1) is 19.9. The van der Waals surface area contributed by atoms with Crippen molar-refractivity contribution in [2.75, 3.05) is 37.6 Å². The zero-order valence-corrected chi connectivity index (χ0v) is 18.3. The van der Waals surface area contributed by atoms with Gasteiger partial charge in [-0.05, 0) is 43.3 Å². The minimum Gasteiger partial charge on any atom is -0.364 e. The third kappa shape index (κ3) is 3.74. The van der Waals surface area contributed by atoms with Crippen LogP contribution in [0, 0.1) is 6.92 Å². The lowest BCUT2D eigenvalue weighted by Crippen LogP contribution is -2.47. The van der Waals surface area contributed by atoms with E-state index in [4.69, 9.17) is 0 Å². The summed E-state index contributed by atoms with van der Waals surface area (Å²) < 4.78 is 0.906. The second-order valence-electron chi connectivity index (χ2n) is 7.43. The lowest BCUT2D eigenvalue weighted by molar-refractivity contribution is -0.120. The van der Waals surface area contributed by atoms with Crippen molar-refractivity contribution in [3.05, 3.63) is 69.8 Å². The number of nitrogens with zero attached hydrogens (tertiary/aromatic N) is 3. The Morgan fingerprint density at radius 3 is 2.07 bits per heavy atom. The van der Waals surface area contributed by atoms with Crippen molar-refractivity contribution in [3.63, 3.8) is 0 Å². The molecule has 1 saturated heterocycles. The van der Waals surface area contributed by atoms with E-state index in [1.54, 1.807) is 12.1 Å². The number of imide groups is 1. The highest BCUT2D eigenvalue weighted by atomic mass is 79.9. The predicted molar refractivity (Wildman–Crippen MR) is 118 cm³/mol. The van der Waals surface area contributed by atoms with Gasteiger partial charge in [-0.15, -0.1) is 0 Å². The molecule has 29 heavy (non-hydrogen) atoms. The average molecular weight is 454 g/mol. The molecule has 0 aromatic heterocycles. The van der Waals surface area contributed by atoms with E-state index in [-0.39, 0.29) is 11.8 Å². The molecule has 0 spiro atoms. The van der Waals surface area contributed by atoms with E-state index >= 15 is 0 Å². The van der Waals surface area contributed by atoms with Crippen molar-refractivity contribution in [3.8, 4) is 0 Å². The van der Waals surface area contributed by atoms with E-state index in [9.17, 15) is 9.59 Å². The summed E-state index contributed by atoms with van der Waals surface area (Å²) in [5.41, 5.74) is 3.53. The maximum Gasteiger partial charge on any atom is 0.282 e. The molecule has 150 valence electrons. The Balaban J connectivity index is 1.76. The molecular weight excluding hydrogens is 430 g/mol. The van der Waals surface area contributed by atoms with E-state index in [1.807, 2.05) is 43.3 Å². The summed E-state index contributed by atoms with van der Waals surface area (Å²) in [5.74, 6) is -0.494. The fourth-order valence-corrected chi connectivity index (χ4v) is 4.17. The molecule has 1 fully saturated rings. The van der Waals surface area contributed by atoms with Gasteiger partial charge in [-0.25, -0.2) is 4.90 Å². The number of amides is 2. The number of hydrogen-bond donors (Lipinski definition) is 0. The second kappa shape index (κ2) is 8.13. The second-order valence-corrected chi connectivity index (χ2v) is 8.35. The summed E-state index contributed by atoms with van der Waals surface area (Å²) >= 11 is 3.41. The third-order valence-corrected chi connectivity index (χ3v) is 6.15. The summed E-state index contributed by atoms with van der Waals surface area (Å²) in [6, 6.07) is 15.1. The van der Waals surface area contributed by atoms with Crippen LogP contribution in [0.2, 0.25) is 0 Å². The van der Waals surface area contributed by atoms with E-state index in [2.05, 4.69) is 32.7 Å². The Labute approximate surface area is 179 Å². The third-order valence-electron chi connectivity index (χ3n) is 5.62. The van der Waals surface area contributed by atoms with Crippen LogP contribution in [-0.4, -0.2) is 54.3 Å². The highest BCUT2D eigenvalue weighted by molar-refractivity contribution is 9.10. The number of carbonyl (C=O) groups excluding carboxylic acids is 2. The van der Waals surface area contributed by atoms with Gasteiger partial charge in [0, 0.05) is 30.7 Å². The smallest absolute Gasteiger partial charge is 0.282 e. The van der Waals surface area contributed by atoms with Crippen molar-refractivity contribution < 1.29 is 9.59 Å². The van der Waals surface area contributed by atoms with Crippen LogP contribution in [0.1, 0.15) is 18.1 Å². The zero-order valence-electron chi connectivity index (χ0n) is 16.7.